The van der Waals surface area contributed by atoms with Crippen LogP contribution in [-0.4, -0.2) is 9.97 Å². The number of hydrogen-bond donors (Lipinski definition) is 0. The van der Waals surface area contributed by atoms with Crippen molar-refractivity contribution in [1.29, 1.82) is 0 Å². The van der Waals surface area contributed by atoms with Crippen LogP contribution in [0.4, 0.5) is 0 Å². The zero-order valence-electron chi connectivity index (χ0n) is 6.26. The SMILES string of the molecule is Clc1cc2ccc(Br)nc2nc1Cl. The van der Waals surface area contributed by atoms with Gasteiger partial charge < -0.3 is 0 Å². The molecular formula is C8H3BrCl2N2. The van der Waals surface area contributed by atoms with Gasteiger partial charge in [-0.2, -0.15) is 0 Å². The van der Waals surface area contributed by atoms with Gasteiger partial charge in [0.2, 0.25) is 0 Å². The molecule has 0 saturated carbocycles. The molecule has 0 saturated heterocycles. The summed E-state index contributed by atoms with van der Waals surface area (Å²) in [6.07, 6.45) is 0. The second kappa shape index (κ2) is 3.40. The fourth-order valence-corrected chi connectivity index (χ4v) is 1.58. The van der Waals surface area contributed by atoms with Gasteiger partial charge in [-0.1, -0.05) is 23.2 Å². The summed E-state index contributed by atoms with van der Waals surface area (Å²) in [6.45, 7) is 0. The Morgan fingerprint density at radius 1 is 1.15 bits per heavy atom. The van der Waals surface area contributed by atoms with E-state index >= 15 is 0 Å². The van der Waals surface area contributed by atoms with Crippen LogP contribution < -0.4 is 0 Å². The Labute approximate surface area is 93.0 Å². The van der Waals surface area contributed by atoms with Crippen LogP contribution in [-0.2, 0) is 0 Å². The Kier molecular flexibility index (Phi) is 2.41. The molecule has 0 bridgehead atoms. The van der Waals surface area contributed by atoms with Gasteiger partial charge in [0.25, 0.3) is 0 Å². The maximum Gasteiger partial charge on any atom is 0.162 e. The summed E-state index contributed by atoms with van der Waals surface area (Å²) in [5, 5.41) is 1.59. The molecule has 2 nitrogen and oxygen atoms in total. The molecule has 66 valence electrons. The summed E-state index contributed by atoms with van der Waals surface area (Å²) in [7, 11) is 0. The van der Waals surface area contributed by atoms with E-state index in [1.54, 1.807) is 6.07 Å². The largest absolute Gasteiger partial charge is 0.221 e. The minimum atomic E-state index is 0.278. The Hall–Kier alpha value is -0.380. The second-order valence-electron chi connectivity index (χ2n) is 2.44. The van der Waals surface area contributed by atoms with E-state index in [-0.39, 0.29) is 5.15 Å². The standard InChI is InChI=1S/C8H3BrCl2N2/c9-6-2-1-4-3-5(10)7(11)13-8(4)12-6/h1-3H. The Balaban J connectivity index is 2.81. The van der Waals surface area contributed by atoms with Crippen LogP contribution in [0.3, 0.4) is 0 Å². The smallest absolute Gasteiger partial charge is 0.162 e. The lowest BCUT2D eigenvalue weighted by molar-refractivity contribution is 1.26. The highest BCUT2D eigenvalue weighted by Crippen LogP contribution is 2.24. The first kappa shape index (κ1) is 9.19. The number of pyridine rings is 2. The third-order valence-corrected chi connectivity index (χ3v) is 2.67. The number of fused-ring (bicyclic) bond motifs is 1. The summed E-state index contributed by atoms with van der Waals surface area (Å²) in [5.74, 6) is 0. The number of nitrogens with zero attached hydrogens (tertiary/aromatic N) is 2. The van der Waals surface area contributed by atoms with Crippen molar-refractivity contribution >= 4 is 50.2 Å². The van der Waals surface area contributed by atoms with Crippen molar-refractivity contribution in [2.45, 2.75) is 0 Å². The van der Waals surface area contributed by atoms with E-state index in [4.69, 9.17) is 23.2 Å². The van der Waals surface area contributed by atoms with Gasteiger partial charge in [-0.15, -0.1) is 0 Å². The van der Waals surface area contributed by atoms with Crippen molar-refractivity contribution in [2.24, 2.45) is 0 Å². The average Bonchev–Trinajstić information content (AvgIpc) is 2.08. The first-order valence-electron chi connectivity index (χ1n) is 3.45. The number of aromatic nitrogens is 2. The highest BCUT2D eigenvalue weighted by atomic mass is 79.9. The third-order valence-electron chi connectivity index (χ3n) is 1.55. The number of hydrogen-bond acceptors (Lipinski definition) is 2. The first-order chi connectivity index (χ1) is 6.16. The summed E-state index contributed by atoms with van der Waals surface area (Å²) >= 11 is 14.8. The molecule has 2 aromatic rings. The normalized spacial score (nSPS) is 10.7. The van der Waals surface area contributed by atoms with Crippen molar-refractivity contribution in [3.05, 3.63) is 33.0 Å². The number of rotatable bonds is 0. The molecule has 0 unspecified atom stereocenters. The van der Waals surface area contributed by atoms with E-state index in [1.807, 2.05) is 12.1 Å². The van der Waals surface area contributed by atoms with Crippen LogP contribution in [0.15, 0.2) is 22.8 Å². The van der Waals surface area contributed by atoms with Crippen molar-refractivity contribution in [2.75, 3.05) is 0 Å². The van der Waals surface area contributed by atoms with Gasteiger partial charge in [-0.25, -0.2) is 9.97 Å². The molecule has 0 atom stereocenters. The molecule has 0 aliphatic rings. The van der Waals surface area contributed by atoms with Crippen LogP contribution in [0.5, 0.6) is 0 Å². The van der Waals surface area contributed by atoms with Gasteiger partial charge in [-0.3, -0.25) is 0 Å². The molecule has 0 spiro atoms. The predicted octanol–water partition coefficient (Wildman–Crippen LogP) is 3.70. The Bertz CT molecular complexity index is 473. The Morgan fingerprint density at radius 2 is 1.92 bits per heavy atom. The van der Waals surface area contributed by atoms with Crippen molar-refractivity contribution < 1.29 is 0 Å². The maximum atomic E-state index is 5.79. The average molecular weight is 278 g/mol. The molecule has 2 heterocycles. The zero-order chi connectivity index (χ0) is 9.42. The van der Waals surface area contributed by atoms with Crippen LogP contribution >= 0.6 is 39.1 Å². The van der Waals surface area contributed by atoms with Gasteiger partial charge in [0.05, 0.1) is 5.02 Å². The zero-order valence-corrected chi connectivity index (χ0v) is 9.36. The molecule has 5 heteroatoms. The van der Waals surface area contributed by atoms with Gasteiger partial charge in [0.1, 0.15) is 9.76 Å². The van der Waals surface area contributed by atoms with Crippen LogP contribution in [0.1, 0.15) is 0 Å². The van der Waals surface area contributed by atoms with Crippen LogP contribution in [0.2, 0.25) is 10.2 Å². The van der Waals surface area contributed by atoms with Crippen LogP contribution in [0.25, 0.3) is 11.0 Å². The van der Waals surface area contributed by atoms with Crippen molar-refractivity contribution in [3.8, 4) is 0 Å². The predicted molar refractivity (Wildman–Crippen MR) is 57.3 cm³/mol. The Morgan fingerprint density at radius 3 is 2.69 bits per heavy atom. The molecule has 0 aliphatic heterocycles. The molecule has 2 aromatic heterocycles. The summed E-state index contributed by atoms with van der Waals surface area (Å²) in [6, 6.07) is 5.45. The molecule has 0 radical (unpaired) electrons. The van der Waals surface area contributed by atoms with Gasteiger partial charge in [-0.05, 0) is 34.1 Å². The summed E-state index contributed by atoms with van der Waals surface area (Å²) in [5.41, 5.74) is 0.587. The number of halogens is 3. The maximum absolute atomic E-state index is 5.79. The fraction of sp³-hybridized carbons (Fsp3) is 0. The molecular weight excluding hydrogens is 275 g/mol. The van der Waals surface area contributed by atoms with E-state index in [0.717, 1.165) is 9.99 Å². The van der Waals surface area contributed by atoms with E-state index in [9.17, 15) is 0 Å². The first-order valence-corrected chi connectivity index (χ1v) is 5.00. The molecule has 0 aromatic carbocycles. The van der Waals surface area contributed by atoms with E-state index in [0.29, 0.717) is 10.7 Å². The van der Waals surface area contributed by atoms with E-state index in [1.165, 1.54) is 0 Å². The lowest BCUT2D eigenvalue weighted by Gasteiger charge is -1.99. The molecule has 13 heavy (non-hydrogen) atoms. The van der Waals surface area contributed by atoms with E-state index in [2.05, 4.69) is 25.9 Å². The summed E-state index contributed by atoms with van der Waals surface area (Å²) in [4.78, 5) is 8.17. The minimum Gasteiger partial charge on any atom is -0.221 e. The lowest BCUT2D eigenvalue weighted by atomic mass is 10.3. The molecule has 0 amide bonds. The monoisotopic (exact) mass is 276 g/mol. The molecule has 0 fully saturated rings. The molecule has 2 rings (SSSR count). The fourth-order valence-electron chi connectivity index (χ4n) is 0.981. The van der Waals surface area contributed by atoms with Gasteiger partial charge in [0.15, 0.2) is 5.65 Å². The highest BCUT2D eigenvalue weighted by molar-refractivity contribution is 9.10. The van der Waals surface area contributed by atoms with E-state index < -0.39 is 0 Å². The van der Waals surface area contributed by atoms with Crippen LogP contribution in [0, 0.1) is 0 Å². The second-order valence-corrected chi connectivity index (χ2v) is 4.02. The van der Waals surface area contributed by atoms with Crippen molar-refractivity contribution in [3.63, 3.8) is 0 Å². The lowest BCUT2D eigenvalue weighted by Crippen LogP contribution is -1.85. The van der Waals surface area contributed by atoms with Crippen molar-refractivity contribution in [1.82, 2.24) is 9.97 Å². The molecule has 0 aliphatic carbocycles. The third kappa shape index (κ3) is 1.77. The summed E-state index contributed by atoms with van der Waals surface area (Å²) < 4.78 is 0.728. The van der Waals surface area contributed by atoms with Gasteiger partial charge in [0, 0.05) is 5.39 Å². The van der Waals surface area contributed by atoms with Gasteiger partial charge >= 0.3 is 0 Å². The topological polar surface area (TPSA) is 25.8 Å². The minimum absolute atomic E-state index is 0.278. The quantitative estimate of drug-likeness (QED) is 0.686. The highest BCUT2D eigenvalue weighted by Gasteiger charge is 2.03. The molecule has 0 N–H and O–H groups in total.